The van der Waals surface area contributed by atoms with Gasteiger partial charge in [-0.1, -0.05) is 72.8 Å². The van der Waals surface area contributed by atoms with Gasteiger partial charge in [-0.25, -0.2) is 9.18 Å². The number of aromatic nitrogens is 2. The molecule has 1 aromatic heterocycles. The molecule has 1 saturated carbocycles. The molecule has 9 rings (SSSR count). The van der Waals surface area contributed by atoms with Gasteiger partial charge in [-0.2, -0.15) is 0 Å². The van der Waals surface area contributed by atoms with E-state index in [0.717, 1.165) is 30.3 Å². The number of ether oxygens (including phenoxy) is 1. The highest BCUT2D eigenvalue weighted by atomic mass is 35.5. The summed E-state index contributed by atoms with van der Waals surface area (Å²) in [5.74, 6) is -3.46. The summed E-state index contributed by atoms with van der Waals surface area (Å²) in [5.41, 5.74) is 2.01. The lowest BCUT2D eigenvalue weighted by Crippen LogP contribution is -2.60. The number of halogens is 3. The molecule has 2 spiro atoms. The molecule has 1 unspecified atom stereocenters. The molecule has 350 valence electrons. The quantitative estimate of drug-likeness (QED) is 0.0711. The second kappa shape index (κ2) is 18.7. The third-order valence-corrected chi connectivity index (χ3v) is 14.8. The van der Waals surface area contributed by atoms with Crippen LogP contribution < -0.4 is 27.0 Å². The second-order valence-electron chi connectivity index (χ2n) is 18.2. The Bertz CT molecular complexity index is 2860. The molecule has 4 aliphatic rings. The molecule has 5 amide bonds. The number of rotatable bonds is 13. The zero-order chi connectivity index (χ0) is 47.2. The summed E-state index contributed by atoms with van der Waals surface area (Å²) in [7, 11) is 3.40. The van der Waals surface area contributed by atoms with Gasteiger partial charge in [0.2, 0.25) is 23.6 Å². The summed E-state index contributed by atoms with van der Waals surface area (Å²) < 4.78 is 25.2. The first kappa shape index (κ1) is 46.2. The minimum atomic E-state index is -1.36. The van der Waals surface area contributed by atoms with Crippen LogP contribution in [0.15, 0.2) is 83.7 Å². The first-order valence-corrected chi connectivity index (χ1v) is 23.6. The van der Waals surface area contributed by atoms with Gasteiger partial charge in [0, 0.05) is 73.7 Å². The van der Waals surface area contributed by atoms with Gasteiger partial charge in [0.25, 0.3) is 5.91 Å². The van der Waals surface area contributed by atoms with Crippen molar-refractivity contribution in [3.05, 3.63) is 127 Å². The third kappa shape index (κ3) is 8.13. The number of nitrogens with one attached hydrogen (secondary N) is 4. The van der Waals surface area contributed by atoms with Crippen molar-refractivity contribution in [2.45, 2.75) is 93.2 Å². The first-order valence-electron chi connectivity index (χ1n) is 22.9. The van der Waals surface area contributed by atoms with Gasteiger partial charge in [-0.05, 0) is 104 Å². The second-order valence-corrected chi connectivity index (χ2v) is 19.0. The van der Waals surface area contributed by atoms with Gasteiger partial charge in [-0.15, -0.1) is 0 Å². The Kier molecular flexibility index (Phi) is 12.9. The van der Waals surface area contributed by atoms with E-state index in [9.17, 15) is 28.8 Å². The van der Waals surface area contributed by atoms with Crippen LogP contribution in [0.3, 0.4) is 0 Å². The Morgan fingerprint density at radius 3 is 2.43 bits per heavy atom. The largest absolute Gasteiger partial charge is 0.381 e. The summed E-state index contributed by atoms with van der Waals surface area (Å²) >= 11 is 12.8. The minimum Gasteiger partial charge on any atom is -0.381 e. The maximum absolute atomic E-state index is 16.3. The molecule has 1 aliphatic carbocycles. The number of fused-ring (bicyclic) bond motifs is 4. The maximum Gasteiger partial charge on any atom is 0.329 e. The van der Waals surface area contributed by atoms with E-state index in [2.05, 4.69) is 21.3 Å². The zero-order valence-electron chi connectivity index (χ0n) is 37.3. The van der Waals surface area contributed by atoms with Crippen LogP contribution in [0.25, 0.3) is 11.0 Å². The average molecular weight is 953 g/mol. The van der Waals surface area contributed by atoms with Gasteiger partial charge in [-0.3, -0.25) is 43.7 Å². The molecule has 5 aromatic rings. The molecule has 3 aliphatic heterocycles. The van der Waals surface area contributed by atoms with Crippen LogP contribution in [0.2, 0.25) is 10.0 Å². The number of hydrogen-bond donors (Lipinski definition) is 4. The predicted octanol–water partition coefficient (Wildman–Crippen LogP) is 7.16. The number of para-hydroxylation sites is 1. The number of anilines is 2. The van der Waals surface area contributed by atoms with Crippen molar-refractivity contribution in [2.24, 2.45) is 7.05 Å². The topological polar surface area (TPSA) is 173 Å². The van der Waals surface area contributed by atoms with Crippen molar-refractivity contribution in [3.63, 3.8) is 0 Å². The molecule has 4 heterocycles. The van der Waals surface area contributed by atoms with Gasteiger partial charge in [0.15, 0.2) is 0 Å². The summed E-state index contributed by atoms with van der Waals surface area (Å²) in [5, 5.41) is 12.3. The number of nitrogens with zero attached hydrogens (tertiary/aromatic N) is 3. The molecule has 4 N–H and O–H groups in total. The van der Waals surface area contributed by atoms with Crippen LogP contribution in [-0.2, 0) is 42.8 Å². The maximum atomic E-state index is 16.3. The van der Waals surface area contributed by atoms with Crippen LogP contribution in [0.1, 0.15) is 96.8 Å². The van der Waals surface area contributed by atoms with Crippen molar-refractivity contribution in [1.29, 1.82) is 0 Å². The van der Waals surface area contributed by atoms with Crippen molar-refractivity contribution >= 4 is 75.1 Å². The van der Waals surface area contributed by atoms with Gasteiger partial charge < -0.3 is 20.3 Å². The van der Waals surface area contributed by atoms with Crippen molar-refractivity contribution in [3.8, 4) is 0 Å². The average Bonchev–Trinajstić information content (AvgIpc) is 3.87. The monoisotopic (exact) mass is 951 g/mol. The Hall–Kier alpha value is -5.87. The fourth-order valence-corrected chi connectivity index (χ4v) is 11.6. The number of imide groups is 1. The number of piperidine rings is 1. The van der Waals surface area contributed by atoms with Crippen LogP contribution in [-0.4, -0.2) is 82.0 Å². The predicted molar refractivity (Wildman–Crippen MR) is 253 cm³/mol. The minimum absolute atomic E-state index is 0.108. The zero-order valence-corrected chi connectivity index (χ0v) is 38.8. The number of hydrogen-bond acceptors (Lipinski definition) is 8. The molecule has 3 fully saturated rings. The lowest BCUT2D eigenvalue weighted by molar-refractivity contribution is -0.135. The molecule has 17 heteroatoms. The van der Waals surface area contributed by atoms with E-state index < -0.39 is 46.6 Å². The van der Waals surface area contributed by atoms with Crippen molar-refractivity contribution < 1.29 is 33.1 Å². The molecular weight excluding hydrogens is 900 g/mol. The number of imidazole rings is 1. The smallest absolute Gasteiger partial charge is 0.329 e. The van der Waals surface area contributed by atoms with Crippen LogP contribution in [0.5, 0.6) is 0 Å². The van der Waals surface area contributed by atoms with Gasteiger partial charge in [0.05, 0.1) is 22.1 Å². The number of amides is 5. The molecule has 4 aromatic carbocycles. The summed E-state index contributed by atoms with van der Waals surface area (Å²) in [6.45, 7) is 1.33. The number of benzene rings is 4. The highest BCUT2D eigenvalue weighted by Crippen LogP contribution is 2.63. The Morgan fingerprint density at radius 1 is 0.925 bits per heavy atom. The molecule has 14 nitrogen and oxygen atoms in total. The highest BCUT2D eigenvalue weighted by Gasteiger charge is 2.72. The first-order chi connectivity index (χ1) is 32.3. The van der Waals surface area contributed by atoms with Crippen molar-refractivity contribution in [2.75, 3.05) is 37.4 Å². The fourth-order valence-electron chi connectivity index (χ4n) is 11.3. The van der Waals surface area contributed by atoms with E-state index >= 15 is 4.39 Å². The van der Waals surface area contributed by atoms with E-state index in [1.54, 1.807) is 72.1 Å². The van der Waals surface area contributed by atoms with Gasteiger partial charge >= 0.3 is 5.69 Å². The van der Waals surface area contributed by atoms with Crippen molar-refractivity contribution in [1.82, 2.24) is 24.7 Å². The molecule has 4 atom stereocenters. The lowest BCUT2D eigenvalue weighted by atomic mass is 9.55. The van der Waals surface area contributed by atoms with Crippen LogP contribution in [0, 0.1) is 5.82 Å². The number of aryl methyl sites for hydroxylation is 2. The van der Waals surface area contributed by atoms with E-state index in [4.69, 9.17) is 27.9 Å². The lowest BCUT2D eigenvalue weighted by Gasteiger charge is -2.47. The van der Waals surface area contributed by atoms with Crippen LogP contribution >= 0.6 is 23.2 Å². The standard InChI is InChI=1S/C50H52Cl2FN7O7/c1-58(25-9-27-67-26-8-11-29-10-6-14-37-43(29)59(2)48(66)60(37)38-21-22-39(61)56-44(38)62)46(64)30-15-18-32(19-16-30)54-45(63)42-40(33-12-7-13-35(52)41(33)53)50(49(57-42)23-4-3-5-24-49)34-20-17-31(51)28-36(34)55-47(50)65/h6-7,10,12-20,28,38,40,42,57H,3-5,8-9,11,21-27H2,1-2H3,(H,54,63)(H,55,65)(H,56,61,62)/t38?,40-,42+,50+/m0/s1. The summed E-state index contributed by atoms with van der Waals surface area (Å²) in [6.07, 6.45) is 6.14. The summed E-state index contributed by atoms with van der Waals surface area (Å²) in [6, 6.07) is 20.4. The number of carbonyl (C=O) groups excluding carboxylic acids is 5. The molecule has 0 bridgehead atoms. The molecule has 0 radical (unpaired) electrons. The van der Waals surface area contributed by atoms with E-state index in [1.807, 2.05) is 24.3 Å². The Balaban J connectivity index is 0.819. The third-order valence-electron chi connectivity index (χ3n) is 14.3. The van der Waals surface area contributed by atoms with E-state index in [-0.39, 0.29) is 46.8 Å². The normalized spacial score (nSPS) is 22.0. The Labute approximate surface area is 396 Å². The molecular formula is C50H52Cl2FN7O7. The highest BCUT2D eigenvalue weighted by molar-refractivity contribution is 6.31. The van der Waals surface area contributed by atoms with E-state index in [0.29, 0.717) is 84.9 Å². The van der Waals surface area contributed by atoms with Gasteiger partial charge in [0.1, 0.15) is 17.3 Å². The van der Waals surface area contributed by atoms with E-state index in [1.165, 1.54) is 10.6 Å². The molecule has 2 saturated heterocycles. The SMILES string of the molecule is CN(CCCOCCCc1cccc2c1n(C)c(=O)n2C1CCC(=O)NC1=O)C(=O)c1ccc(NC(=O)[C@@H]2NC3(CCCCC3)[C@@]3(C(=O)Nc4cc(Cl)ccc43)[C@H]2c2cccc(Cl)c2F)cc1. The number of carbonyl (C=O) groups is 5. The summed E-state index contributed by atoms with van der Waals surface area (Å²) in [4.78, 5) is 81.9. The Morgan fingerprint density at radius 2 is 1.67 bits per heavy atom. The van der Waals surface area contributed by atoms with Crippen LogP contribution in [0.4, 0.5) is 15.8 Å². The fraction of sp³-hybridized carbons (Fsp3) is 0.400. The molecule has 67 heavy (non-hydrogen) atoms.